The van der Waals surface area contributed by atoms with Crippen LogP contribution in [-0.4, -0.2) is 23.5 Å². The van der Waals surface area contributed by atoms with Gasteiger partial charge in [0, 0.05) is 5.92 Å². The third kappa shape index (κ3) is 2.69. The van der Waals surface area contributed by atoms with E-state index in [-0.39, 0.29) is 18.5 Å². The van der Waals surface area contributed by atoms with Gasteiger partial charge >= 0.3 is 0 Å². The summed E-state index contributed by atoms with van der Waals surface area (Å²) in [5.41, 5.74) is 9.13. The second kappa shape index (κ2) is 4.23. The molecule has 0 aromatic rings. The van der Waals surface area contributed by atoms with Gasteiger partial charge in [-0.1, -0.05) is 13.8 Å². The number of hydrogen-bond acceptors (Lipinski definition) is 4. The van der Waals surface area contributed by atoms with E-state index in [0.29, 0.717) is 11.8 Å². The van der Waals surface area contributed by atoms with Gasteiger partial charge in [-0.05, 0) is 12.3 Å². The van der Waals surface area contributed by atoms with E-state index in [1.165, 1.54) is 0 Å². The molecular formula is C8H15N4O. The Morgan fingerprint density at radius 2 is 2.15 bits per heavy atom. The Labute approximate surface area is 77.7 Å². The van der Waals surface area contributed by atoms with E-state index in [1.807, 2.05) is 0 Å². The van der Waals surface area contributed by atoms with Crippen molar-refractivity contribution in [3.8, 4) is 0 Å². The molecule has 0 saturated carbocycles. The van der Waals surface area contributed by atoms with Gasteiger partial charge in [-0.2, -0.15) is 4.99 Å². The molecule has 5 nitrogen and oxygen atoms in total. The number of guanidine groups is 1. The fourth-order valence-corrected chi connectivity index (χ4v) is 1.27. The molecule has 0 aliphatic carbocycles. The zero-order chi connectivity index (χ0) is 9.84. The molecule has 0 saturated heterocycles. The van der Waals surface area contributed by atoms with Crippen LogP contribution < -0.4 is 11.2 Å². The number of aliphatic hydroxyl groups excluding tert-OH is 1. The number of aliphatic imine (C=N–C) groups is 1. The van der Waals surface area contributed by atoms with Crippen molar-refractivity contribution in [3.63, 3.8) is 0 Å². The molecule has 1 radical (unpaired) electrons. The van der Waals surface area contributed by atoms with Crippen molar-refractivity contribution in [2.75, 3.05) is 6.61 Å². The lowest BCUT2D eigenvalue weighted by Gasteiger charge is -2.14. The highest BCUT2D eigenvalue weighted by Gasteiger charge is 2.21. The predicted molar refractivity (Wildman–Crippen MR) is 51.2 cm³/mol. The first-order valence-electron chi connectivity index (χ1n) is 4.37. The molecule has 0 aromatic heterocycles. The van der Waals surface area contributed by atoms with E-state index in [9.17, 15) is 0 Å². The molecule has 1 rings (SSSR count). The zero-order valence-corrected chi connectivity index (χ0v) is 7.94. The summed E-state index contributed by atoms with van der Waals surface area (Å²) in [6, 6.07) is 0. The number of aliphatic hydroxyl groups is 1. The molecule has 0 aromatic carbocycles. The van der Waals surface area contributed by atoms with Crippen LogP contribution in [0.4, 0.5) is 0 Å². The normalized spacial score (nSPS) is 18.2. The van der Waals surface area contributed by atoms with Crippen LogP contribution >= 0.6 is 0 Å². The largest absolute Gasteiger partial charge is 0.396 e. The second-order valence-corrected chi connectivity index (χ2v) is 3.54. The molecule has 1 unspecified atom stereocenters. The van der Waals surface area contributed by atoms with Crippen molar-refractivity contribution in [2.24, 2.45) is 27.7 Å². The quantitative estimate of drug-likeness (QED) is 0.637. The monoisotopic (exact) mass is 183 g/mol. The summed E-state index contributed by atoms with van der Waals surface area (Å²) in [5, 5.41) is 12.7. The molecule has 0 fully saturated rings. The van der Waals surface area contributed by atoms with Gasteiger partial charge in [0.05, 0.1) is 6.61 Å². The summed E-state index contributed by atoms with van der Waals surface area (Å²) in [6.07, 6.45) is 0.849. The Hall–Kier alpha value is -1.10. The molecule has 5 heteroatoms. The van der Waals surface area contributed by atoms with Crippen LogP contribution in [-0.2, 0) is 0 Å². The minimum Gasteiger partial charge on any atom is -0.396 e. The van der Waals surface area contributed by atoms with Gasteiger partial charge in [-0.3, -0.25) is 0 Å². The summed E-state index contributed by atoms with van der Waals surface area (Å²) in [4.78, 5) is 3.93. The van der Waals surface area contributed by atoms with Crippen molar-refractivity contribution in [2.45, 2.75) is 20.3 Å². The molecule has 1 aliphatic heterocycles. The third-order valence-corrected chi connectivity index (χ3v) is 1.83. The summed E-state index contributed by atoms with van der Waals surface area (Å²) in [6.45, 7) is 4.22. The van der Waals surface area contributed by atoms with E-state index < -0.39 is 0 Å². The van der Waals surface area contributed by atoms with Crippen LogP contribution in [0.2, 0.25) is 0 Å². The number of nitrogens with two attached hydrogens (primary N) is 1. The van der Waals surface area contributed by atoms with E-state index in [4.69, 9.17) is 10.8 Å². The summed E-state index contributed by atoms with van der Waals surface area (Å²) >= 11 is 0. The average Bonchev–Trinajstić information content (AvgIpc) is 2.47. The summed E-state index contributed by atoms with van der Waals surface area (Å²) < 4.78 is 0. The molecule has 73 valence electrons. The van der Waals surface area contributed by atoms with Crippen molar-refractivity contribution in [3.05, 3.63) is 0 Å². The SMILES string of the molecule is CC(C)CC(CO)C1=NC(N)=N[N]1. The first-order chi connectivity index (χ1) is 6.13. The number of amidine groups is 1. The maximum Gasteiger partial charge on any atom is 0.241 e. The predicted octanol–water partition coefficient (Wildman–Crippen LogP) is -0.113. The maximum atomic E-state index is 9.09. The van der Waals surface area contributed by atoms with E-state index in [1.54, 1.807) is 0 Å². The number of hydrogen-bond donors (Lipinski definition) is 2. The van der Waals surface area contributed by atoms with Gasteiger partial charge in [-0.15, -0.1) is 10.5 Å². The Bertz CT molecular complexity index is 234. The molecule has 0 bridgehead atoms. The van der Waals surface area contributed by atoms with Crippen LogP contribution in [0.5, 0.6) is 0 Å². The molecule has 0 spiro atoms. The second-order valence-electron chi connectivity index (χ2n) is 3.54. The molecule has 3 N–H and O–H groups in total. The molecule has 1 atom stereocenters. The topological polar surface area (TPSA) is 85.1 Å². The van der Waals surface area contributed by atoms with E-state index in [2.05, 4.69) is 29.4 Å². The first kappa shape index (κ1) is 9.98. The smallest absolute Gasteiger partial charge is 0.241 e. The first-order valence-corrected chi connectivity index (χ1v) is 4.37. The van der Waals surface area contributed by atoms with E-state index >= 15 is 0 Å². The third-order valence-electron chi connectivity index (χ3n) is 1.83. The summed E-state index contributed by atoms with van der Waals surface area (Å²) in [7, 11) is 0. The van der Waals surface area contributed by atoms with Crippen LogP contribution in [0.3, 0.4) is 0 Å². The van der Waals surface area contributed by atoms with Crippen molar-refractivity contribution >= 4 is 11.8 Å². The Morgan fingerprint density at radius 3 is 2.54 bits per heavy atom. The van der Waals surface area contributed by atoms with Crippen LogP contribution in [0, 0.1) is 11.8 Å². The highest BCUT2D eigenvalue weighted by molar-refractivity contribution is 6.00. The maximum absolute atomic E-state index is 9.09. The molecule has 1 aliphatic rings. The van der Waals surface area contributed by atoms with Gasteiger partial charge in [0.15, 0.2) is 5.84 Å². The lowest BCUT2D eigenvalue weighted by atomic mass is 9.97. The number of rotatable bonds is 4. The minimum absolute atomic E-state index is 0.0372. The lowest BCUT2D eigenvalue weighted by molar-refractivity contribution is 0.242. The molecule has 1 heterocycles. The highest BCUT2D eigenvalue weighted by Crippen LogP contribution is 2.14. The van der Waals surface area contributed by atoms with E-state index in [0.717, 1.165) is 6.42 Å². The molecular weight excluding hydrogens is 168 g/mol. The van der Waals surface area contributed by atoms with Crippen molar-refractivity contribution < 1.29 is 5.11 Å². The highest BCUT2D eigenvalue weighted by atomic mass is 16.3. The lowest BCUT2D eigenvalue weighted by Crippen LogP contribution is -2.24. The summed E-state index contributed by atoms with van der Waals surface area (Å²) in [5.74, 6) is 1.19. The fraction of sp³-hybridized carbons (Fsp3) is 0.750. The van der Waals surface area contributed by atoms with Gasteiger partial charge < -0.3 is 10.8 Å². The number of nitrogens with zero attached hydrogens (tertiary/aromatic N) is 3. The molecule has 13 heavy (non-hydrogen) atoms. The van der Waals surface area contributed by atoms with Crippen molar-refractivity contribution in [1.82, 2.24) is 5.43 Å². The average molecular weight is 183 g/mol. The van der Waals surface area contributed by atoms with Crippen LogP contribution in [0.15, 0.2) is 10.1 Å². The minimum atomic E-state index is -0.0372. The Balaban J connectivity index is 2.54. The fourth-order valence-electron chi connectivity index (χ4n) is 1.27. The van der Waals surface area contributed by atoms with Crippen molar-refractivity contribution in [1.29, 1.82) is 0 Å². The molecule has 0 amide bonds. The van der Waals surface area contributed by atoms with Gasteiger partial charge in [0.2, 0.25) is 5.96 Å². The van der Waals surface area contributed by atoms with Gasteiger partial charge in [0.1, 0.15) is 0 Å². The van der Waals surface area contributed by atoms with Gasteiger partial charge in [-0.25, -0.2) is 0 Å². The van der Waals surface area contributed by atoms with Crippen LogP contribution in [0.25, 0.3) is 0 Å². The van der Waals surface area contributed by atoms with Crippen LogP contribution in [0.1, 0.15) is 20.3 Å². The van der Waals surface area contributed by atoms with Gasteiger partial charge in [0.25, 0.3) is 0 Å². The Kier molecular flexibility index (Phi) is 3.25. The standard InChI is InChI=1S/C8H15N4O/c1-5(2)3-6(4-13)7-10-8(9)12-11-7/h5-6,13H,3-4H2,1-2H3,(H2,9,12). The zero-order valence-electron chi connectivity index (χ0n) is 7.94. The Morgan fingerprint density at radius 1 is 1.46 bits per heavy atom.